The van der Waals surface area contributed by atoms with E-state index in [0.29, 0.717) is 6.42 Å². The fourth-order valence-corrected chi connectivity index (χ4v) is 2.38. The predicted octanol–water partition coefficient (Wildman–Crippen LogP) is 3.00. The van der Waals surface area contributed by atoms with E-state index >= 15 is 0 Å². The van der Waals surface area contributed by atoms with Crippen LogP contribution in [0.15, 0.2) is 12.1 Å². The zero-order valence-corrected chi connectivity index (χ0v) is 12.7. The van der Waals surface area contributed by atoms with Gasteiger partial charge in [0.2, 0.25) is 0 Å². The molecular weight excluding hydrogens is 238 g/mol. The van der Waals surface area contributed by atoms with Crippen molar-refractivity contribution < 1.29 is 9.53 Å². The van der Waals surface area contributed by atoms with E-state index in [4.69, 9.17) is 4.74 Å². The highest BCUT2D eigenvalue weighted by atomic mass is 16.5. The van der Waals surface area contributed by atoms with Gasteiger partial charge in [0.1, 0.15) is 0 Å². The second-order valence-corrected chi connectivity index (χ2v) is 5.07. The van der Waals surface area contributed by atoms with Crippen molar-refractivity contribution in [1.82, 2.24) is 4.90 Å². The van der Waals surface area contributed by atoms with E-state index in [9.17, 15) is 4.79 Å². The summed E-state index contributed by atoms with van der Waals surface area (Å²) in [4.78, 5) is 13.5. The highest BCUT2D eigenvalue weighted by molar-refractivity contribution is 5.69. The third-order valence-corrected chi connectivity index (χ3v) is 3.53. The van der Waals surface area contributed by atoms with Crippen LogP contribution in [0, 0.1) is 20.8 Å². The summed E-state index contributed by atoms with van der Waals surface area (Å²) in [6, 6.07) is 4.44. The molecule has 106 valence electrons. The molecule has 1 aromatic rings. The Labute approximate surface area is 116 Å². The fraction of sp³-hybridized carbons (Fsp3) is 0.562. The molecule has 19 heavy (non-hydrogen) atoms. The summed E-state index contributed by atoms with van der Waals surface area (Å²) in [6.45, 7) is 11.1. The van der Waals surface area contributed by atoms with Crippen molar-refractivity contribution in [1.29, 1.82) is 0 Å². The molecule has 3 nitrogen and oxygen atoms in total. The molecular formula is C16H25NO2. The fourth-order valence-electron chi connectivity index (χ4n) is 2.38. The molecule has 0 spiro atoms. The van der Waals surface area contributed by atoms with Crippen molar-refractivity contribution in [2.75, 3.05) is 20.2 Å². The molecule has 1 aromatic carbocycles. The summed E-state index contributed by atoms with van der Waals surface area (Å²) in [5, 5.41) is 0. The number of carbonyl (C=O) groups is 1. The number of ether oxygens (including phenoxy) is 1. The van der Waals surface area contributed by atoms with Crippen LogP contribution in [0.5, 0.6) is 0 Å². The largest absolute Gasteiger partial charge is 0.469 e. The average molecular weight is 263 g/mol. The molecule has 0 amide bonds. The van der Waals surface area contributed by atoms with Crippen LogP contribution in [0.2, 0.25) is 0 Å². The molecule has 0 atom stereocenters. The Balaban J connectivity index is 2.73. The van der Waals surface area contributed by atoms with Crippen LogP contribution in [-0.2, 0) is 16.1 Å². The molecule has 0 heterocycles. The second-order valence-electron chi connectivity index (χ2n) is 5.07. The molecule has 0 aliphatic heterocycles. The minimum absolute atomic E-state index is 0.143. The zero-order valence-electron chi connectivity index (χ0n) is 12.7. The van der Waals surface area contributed by atoms with E-state index in [1.54, 1.807) is 0 Å². The topological polar surface area (TPSA) is 29.5 Å². The van der Waals surface area contributed by atoms with E-state index in [2.05, 4.69) is 44.7 Å². The molecule has 1 rings (SSSR count). The van der Waals surface area contributed by atoms with Crippen LogP contribution in [0.1, 0.15) is 35.6 Å². The molecule has 3 heteroatoms. The van der Waals surface area contributed by atoms with Gasteiger partial charge < -0.3 is 4.74 Å². The van der Waals surface area contributed by atoms with Gasteiger partial charge in [0.05, 0.1) is 13.5 Å². The lowest BCUT2D eigenvalue weighted by atomic mass is 9.99. The number of aryl methyl sites for hydroxylation is 3. The van der Waals surface area contributed by atoms with Gasteiger partial charge in [-0.2, -0.15) is 0 Å². The monoisotopic (exact) mass is 263 g/mol. The number of rotatable bonds is 6. The Kier molecular flexibility index (Phi) is 6.03. The Morgan fingerprint density at radius 1 is 1.21 bits per heavy atom. The van der Waals surface area contributed by atoms with Crippen LogP contribution in [0.4, 0.5) is 0 Å². The lowest BCUT2D eigenvalue weighted by Crippen LogP contribution is -2.26. The lowest BCUT2D eigenvalue weighted by Gasteiger charge is -2.22. The molecule has 0 aliphatic carbocycles. The first-order valence-electron chi connectivity index (χ1n) is 6.83. The Morgan fingerprint density at radius 3 is 2.26 bits per heavy atom. The van der Waals surface area contributed by atoms with E-state index < -0.39 is 0 Å². The highest BCUT2D eigenvalue weighted by Gasteiger charge is 2.11. The van der Waals surface area contributed by atoms with Gasteiger partial charge in [-0.05, 0) is 44.0 Å². The quantitative estimate of drug-likeness (QED) is 0.739. The maximum Gasteiger partial charge on any atom is 0.306 e. The van der Waals surface area contributed by atoms with E-state index in [1.807, 2.05) is 0 Å². The SMILES string of the molecule is CCN(CCC(=O)OC)Cc1c(C)cc(C)cc1C. The molecule has 0 saturated heterocycles. The summed E-state index contributed by atoms with van der Waals surface area (Å²) in [7, 11) is 1.44. The molecule has 0 unspecified atom stereocenters. The van der Waals surface area contributed by atoms with E-state index in [1.165, 1.54) is 29.4 Å². The zero-order chi connectivity index (χ0) is 14.4. The summed E-state index contributed by atoms with van der Waals surface area (Å²) in [5.41, 5.74) is 5.33. The van der Waals surface area contributed by atoms with Gasteiger partial charge in [-0.3, -0.25) is 9.69 Å². The molecule has 0 fully saturated rings. The van der Waals surface area contributed by atoms with E-state index in [-0.39, 0.29) is 5.97 Å². The van der Waals surface area contributed by atoms with Crippen molar-refractivity contribution in [2.24, 2.45) is 0 Å². The molecule has 0 N–H and O–H groups in total. The summed E-state index contributed by atoms with van der Waals surface area (Å²) in [6.07, 6.45) is 0.453. The van der Waals surface area contributed by atoms with Crippen molar-refractivity contribution in [3.63, 3.8) is 0 Å². The minimum atomic E-state index is -0.143. The second kappa shape index (κ2) is 7.29. The van der Waals surface area contributed by atoms with Crippen LogP contribution in [0.3, 0.4) is 0 Å². The third kappa shape index (κ3) is 4.67. The molecule has 0 aliphatic rings. The first-order valence-corrected chi connectivity index (χ1v) is 6.83. The summed E-state index contributed by atoms with van der Waals surface area (Å²) >= 11 is 0. The Hall–Kier alpha value is -1.35. The average Bonchev–Trinajstić information content (AvgIpc) is 2.36. The number of esters is 1. The lowest BCUT2D eigenvalue weighted by molar-refractivity contribution is -0.141. The number of methoxy groups -OCH3 is 1. The van der Waals surface area contributed by atoms with E-state index in [0.717, 1.165) is 19.6 Å². The number of hydrogen-bond acceptors (Lipinski definition) is 3. The maximum absolute atomic E-state index is 11.2. The van der Waals surface area contributed by atoms with Gasteiger partial charge in [-0.1, -0.05) is 24.6 Å². The van der Waals surface area contributed by atoms with Gasteiger partial charge in [-0.25, -0.2) is 0 Å². The molecule has 0 aromatic heterocycles. The highest BCUT2D eigenvalue weighted by Crippen LogP contribution is 2.18. The van der Waals surface area contributed by atoms with Crippen LogP contribution >= 0.6 is 0 Å². The summed E-state index contributed by atoms with van der Waals surface area (Å²) in [5.74, 6) is -0.143. The van der Waals surface area contributed by atoms with Gasteiger partial charge in [0.25, 0.3) is 0 Å². The number of benzene rings is 1. The Morgan fingerprint density at radius 2 is 1.79 bits per heavy atom. The summed E-state index contributed by atoms with van der Waals surface area (Å²) < 4.78 is 4.69. The van der Waals surface area contributed by atoms with Crippen LogP contribution in [0.25, 0.3) is 0 Å². The molecule has 0 bridgehead atoms. The number of nitrogens with zero attached hydrogens (tertiary/aromatic N) is 1. The van der Waals surface area contributed by atoms with Gasteiger partial charge >= 0.3 is 5.97 Å². The van der Waals surface area contributed by atoms with Gasteiger partial charge in [-0.15, -0.1) is 0 Å². The van der Waals surface area contributed by atoms with Crippen molar-refractivity contribution in [3.05, 3.63) is 34.4 Å². The standard InChI is InChI=1S/C16H25NO2/c1-6-17(8-7-16(18)19-5)11-15-13(3)9-12(2)10-14(15)4/h9-10H,6-8,11H2,1-5H3. The van der Waals surface area contributed by atoms with Crippen LogP contribution < -0.4 is 0 Å². The maximum atomic E-state index is 11.2. The molecule has 0 saturated carbocycles. The number of hydrogen-bond donors (Lipinski definition) is 0. The number of carbonyl (C=O) groups excluding carboxylic acids is 1. The van der Waals surface area contributed by atoms with Crippen molar-refractivity contribution in [3.8, 4) is 0 Å². The first kappa shape index (κ1) is 15.7. The third-order valence-electron chi connectivity index (χ3n) is 3.53. The molecule has 0 radical (unpaired) electrons. The van der Waals surface area contributed by atoms with Gasteiger partial charge in [0, 0.05) is 13.1 Å². The van der Waals surface area contributed by atoms with Crippen LogP contribution in [-0.4, -0.2) is 31.1 Å². The Bertz CT molecular complexity index is 417. The normalized spacial score (nSPS) is 10.8. The predicted molar refractivity (Wildman–Crippen MR) is 78.2 cm³/mol. The smallest absolute Gasteiger partial charge is 0.306 e. The first-order chi connectivity index (χ1) is 8.97. The van der Waals surface area contributed by atoms with Crippen molar-refractivity contribution in [2.45, 2.75) is 40.7 Å². The van der Waals surface area contributed by atoms with Crippen molar-refractivity contribution >= 4 is 5.97 Å². The minimum Gasteiger partial charge on any atom is -0.469 e. The van der Waals surface area contributed by atoms with Gasteiger partial charge in [0.15, 0.2) is 0 Å².